The van der Waals surface area contributed by atoms with Gasteiger partial charge in [0.1, 0.15) is 11.5 Å². The number of para-hydroxylation sites is 2. The molecule has 0 bridgehead atoms. The highest BCUT2D eigenvalue weighted by molar-refractivity contribution is 5.92. The first kappa shape index (κ1) is 21.3. The molecular formula is C21H29ClN6O. The fourth-order valence-corrected chi connectivity index (χ4v) is 3.95. The van der Waals surface area contributed by atoms with E-state index in [4.69, 9.17) is 4.98 Å². The highest BCUT2D eigenvalue weighted by Crippen LogP contribution is 2.21. The van der Waals surface area contributed by atoms with Crippen LogP contribution in [0.25, 0.3) is 11.0 Å². The molecule has 1 fully saturated rings. The van der Waals surface area contributed by atoms with Gasteiger partial charge in [0.05, 0.1) is 17.1 Å². The Kier molecular flexibility index (Phi) is 6.92. The number of hydrogen-bond donors (Lipinski definition) is 2. The van der Waals surface area contributed by atoms with Gasteiger partial charge in [-0.05, 0) is 51.4 Å². The van der Waals surface area contributed by atoms with E-state index in [9.17, 15) is 4.79 Å². The van der Waals surface area contributed by atoms with Crippen LogP contribution in [0.15, 0.2) is 36.5 Å². The molecule has 1 aliphatic rings. The maximum absolute atomic E-state index is 12.5. The third-order valence-electron chi connectivity index (χ3n) is 5.31. The van der Waals surface area contributed by atoms with E-state index in [1.165, 1.54) is 0 Å². The van der Waals surface area contributed by atoms with Crippen LogP contribution in [0.2, 0.25) is 0 Å². The Morgan fingerprint density at radius 1 is 1.31 bits per heavy atom. The molecule has 4 rings (SSSR count). The number of imidazole rings is 1. The molecule has 1 amide bonds. The zero-order valence-corrected chi connectivity index (χ0v) is 17.8. The second-order valence-corrected chi connectivity index (χ2v) is 7.67. The molecule has 2 N–H and O–H groups in total. The van der Waals surface area contributed by atoms with E-state index >= 15 is 0 Å². The summed E-state index contributed by atoms with van der Waals surface area (Å²) in [5.41, 5.74) is 2.61. The van der Waals surface area contributed by atoms with Crippen LogP contribution in [-0.4, -0.2) is 44.9 Å². The number of carbonyl (C=O) groups excluding carboxylic acids is 1. The van der Waals surface area contributed by atoms with E-state index in [-0.39, 0.29) is 18.3 Å². The van der Waals surface area contributed by atoms with Gasteiger partial charge in [0.2, 0.25) is 0 Å². The van der Waals surface area contributed by atoms with Crippen LogP contribution < -0.4 is 10.6 Å². The molecule has 2 aromatic heterocycles. The maximum Gasteiger partial charge on any atom is 0.271 e. The summed E-state index contributed by atoms with van der Waals surface area (Å²) in [6, 6.07) is 10.6. The lowest BCUT2D eigenvalue weighted by atomic mass is 10.1. The van der Waals surface area contributed by atoms with Gasteiger partial charge < -0.3 is 15.2 Å². The fraction of sp³-hybridized carbons (Fsp3) is 0.476. The average molecular weight is 417 g/mol. The first-order chi connectivity index (χ1) is 13.6. The largest absolute Gasteiger partial charge is 0.350 e. The number of hydrogen-bond acceptors (Lipinski definition) is 4. The Labute approximate surface area is 177 Å². The van der Waals surface area contributed by atoms with E-state index in [1.807, 2.05) is 29.1 Å². The summed E-state index contributed by atoms with van der Waals surface area (Å²) in [4.78, 5) is 17.2. The van der Waals surface area contributed by atoms with Crippen LogP contribution in [0, 0.1) is 0 Å². The van der Waals surface area contributed by atoms with Gasteiger partial charge in [-0.25, -0.2) is 4.98 Å². The Hall–Kier alpha value is -2.38. The summed E-state index contributed by atoms with van der Waals surface area (Å²) < 4.78 is 4.16. The highest BCUT2D eigenvalue weighted by Gasteiger charge is 2.18. The molecule has 1 atom stereocenters. The van der Waals surface area contributed by atoms with Gasteiger partial charge in [-0.15, -0.1) is 12.4 Å². The van der Waals surface area contributed by atoms with Crippen LogP contribution in [0.5, 0.6) is 0 Å². The third kappa shape index (κ3) is 4.62. The van der Waals surface area contributed by atoms with Crippen molar-refractivity contribution in [2.75, 3.05) is 19.6 Å². The molecule has 0 spiro atoms. The monoisotopic (exact) mass is 416 g/mol. The number of rotatable bonds is 6. The van der Waals surface area contributed by atoms with E-state index in [2.05, 4.69) is 40.2 Å². The third-order valence-corrected chi connectivity index (χ3v) is 5.31. The van der Waals surface area contributed by atoms with E-state index in [0.717, 1.165) is 42.8 Å². The predicted octanol–water partition coefficient (Wildman–Crippen LogP) is 3.13. The Morgan fingerprint density at radius 3 is 2.90 bits per heavy atom. The molecule has 0 aliphatic carbocycles. The molecule has 1 aromatic carbocycles. The van der Waals surface area contributed by atoms with Crippen molar-refractivity contribution in [3.8, 4) is 0 Å². The molecule has 1 aliphatic heterocycles. The Morgan fingerprint density at radius 2 is 2.14 bits per heavy atom. The van der Waals surface area contributed by atoms with Crippen molar-refractivity contribution >= 4 is 29.3 Å². The van der Waals surface area contributed by atoms with Gasteiger partial charge in [-0.3, -0.25) is 9.48 Å². The number of benzene rings is 1. The summed E-state index contributed by atoms with van der Waals surface area (Å²) in [7, 11) is 0. The molecule has 156 valence electrons. The molecule has 29 heavy (non-hydrogen) atoms. The Balaban J connectivity index is 0.00000240. The number of piperidine rings is 1. The van der Waals surface area contributed by atoms with Crippen molar-refractivity contribution in [3.63, 3.8) is 0 Å². The molecular weight excluding hydrogens is 388 g/mol. The van der Waals surface area contributed by atoms with Gasteiger partial charge >= 0.3 is 0 Å². The lowest BCUT2D eigenvalue weighted by Gasteiger charge is -2.22. The van der Waals surface area contributed by atoms with E-state index in [1.54, 1.807) is 6.07 Å². The second-order valence-electron chi connectivity index (χ2n) is 7.67. The number of halogens is 1. The number of nitrogens with zero attached hydrogens (tertiary/aromatic N) is 4. The van der Waals surface area contributed by atoms with Crippen LogP contribution in [-0.2, 0) is 6.42 Å². The summed E-state index contributed by atoms with van der Waals surface area (Å²) in [6.45, 7) is 6.82. The number of aromatic nitrogens is 4. The summed E-state index contributed by atoms with van der Waals surface area (Å²) >= 11 is 0. The number of nitrogens with one attached hydrogen (secondary N) is 2. The maximum atomic E-state index is 12.5. The standard InChI is InChI=1S/C21H28N6O.ClH/c1-15(2)27-19-8-4-3-7-17(19)24-20(27)9-12-23-21(28)18-10-13-26(25-18)16-6-5-11-22-14-16;/h3-4,7-8,10,13,15-16,22H,5-6,9,11-12,14H2,1-2H3,(H,23,28);1H. The minimum atomic E-state index is -0.130. The topological polar surface area (TPSA) is 76.8 Å². The lowest BCUT2D eigenvalue weighted by Crippen LogP contribution is -2.32. The van der Waals surface area contributed by atoms with Gasteiger partial charge in [-0.2, -0.15) is 5.10 Å². The normalized spacial score (nSPS) is 16.7. The molecule has 1 unspecified atom stereocenters. The second kappa shape index (κ2) is 9.41. The molecule has 1 saturated heterocycles. The van der Waals surface area contributed by atoms with Crippen LogP contribution in [0.1, 0.15) is 55.1 Å². The molecule has 3 heterocycles. The summed E-state index contributed by atoms with van der Waals surface area (Å²) in [5.74, 6) is 0.866. The lowest BCUT2D eigenvalue weighted by molar-refractivity contribution is 0.0947. The van der Waals surface area contributed by atoms with Crippen LogP contribution in [0.3, 0.4) is 0 Å². The zero-order valence-electron chi connectivity index (χ0n) is 17.0. The van der Waals surface area contributed by atoms with Crippen molar-refractivity contribution in [3.05, 3.63) is 48.0 Å². The SMILES string of the molecule is CC(C)n1c(CCNC(=O)c2ccn(C3CCCNC3)n2)nc2ccccc21.Cl. The molecule has 0 saturated carbocycles. The minimum Gasteiger partial charge on any atom is -0.350 e. The number of carbonyl (C=O) groups is 1. The molecule has 8 heteroatoms. The quantitative estimate of drug-likeness (QED) is 0.647. The van der Waals surface area contributed by atoms with E-state index < -0.39 is 0 Å². The first-order valence-corrected chi connectivity index (χ1v) is 10.1. The van der Waals surface area contributed by atoms with Crippen molar-refractivity contribution in [2.45, 2.75) is 45.2 Å². The number of fused-ring (bicyclic) bond motifs is 1. The van der Waals surface area contributed by atoms with Crippen molar-refractivity contribution in [1.29, 1.82) is 0 Å². The zero-order chi connectivity index (χ0) is 19.5. The van der Waals surface area contributed by atoms with Crippen LogP contribution in [0.4, 0.5) is 0 Å². The van der Waals surface area contributed by atoms with Gasteiger partial charge in [-0.1, -0.05) is 12.1 Å². The Bertz CT molecular complexity index is 957. The first-order valence-electron chi connectivity index (χ1n) is 10.1. The smallest absolute Gasteiger partial charge is 0.271 e. The fourth-order valence-electron chi connectivity index (χ4n) is 3.95. The average Bonchev–Trinajstić information content (AvgIpc) is 3.33. The number of amides is 1. The van der Waals surface area contributed by atoms with Crippen LogP contribution >= 0.6 is 12.4 Å². The summed E-state index contributed by atoms with van der Waals surface area (Å²) in [6.07, 6.45) is 4.83. The van der Waals surface area contributed by atoms with Gasteiger partial charge in [0.15, 0.2) is 0 Å². The minimum absolute atomic E-state index is 0. The van der Waals surface area contributed by atoms with Gasteiger partial charge in [0, 0.05) is 31.7 Å². The molecule has 7 nitrogen and oxygen atoms in total. The summed E-state index contributed by atoms with van der Waals surface area (Å²) in [5, 5.41) is 10.9. The van der Waals surface area contributed by atoms with Gasteiger partial charge in [0.25, 0.3) is 5.91 Å². The predicted molar refractivity (Wildman–Crippen MR) is 117 cm³/mol. The molecule has 3 aromatic rings. The van der Waals surface area contributed by atoms with E-state index in [0.29, 0.717) is 30.7 Å². The van der Waals surface area contributed by atoms with Crippen molar-refractivity contribution in [2.24, 2.45) is 0 Å². The molecule has 0 radical (unpaired) electrons. The highest BCUT2D eigenvalue weighted by atomic mass is 35.5. The van der Waals surface area contributed by atoms with Crippen molar-refractivity contribution in [1.82, 2.24) is 30.0 Å². The van der Waals surface area contributed by atoms with Crippen molar-refractivity contribution < 1.29 is 4.79 Å².